The Morgan fingerprint density at radius 3 is 2.78 bits per heavy atom. The van der Waals surface area contributed by atoms with Crippen molar-refractivity contribution < 1.29 is 4.79 Å². The number of carbonyl (C=O) groups is 1. The van der Waals surface area contributed by atoms with Crippen molar-refractivity contribution in [2.75, 3.05) is 37.6 Å². The Labute approximate surface area is 221 Å². The Morgan fingerprint density at radius 1 is 1.24 bits per heavy atom. The summed E-state index contributed by atoms with van der Waals surface area (Å²) < 4.78 is 1.75. The molecule has 10 heteroatoms. The fourth-order valence-corrected chi connectivity index (χ4v) is 5.57. The molecule has 0 unspecified atom stereocenters. The number of amides is 1. The largest absolute Gasteiger partial charge is 0.355 e. The first-order valence-corrected chi connectivity index (χ1v) is 13.8. The van der Waals surface area contributed by atoms with Crippen LogP contribution in [0.25, 0.3) is 27.5 Å². The minimum Gasteiger partial charge on any atom is -0.355 e. The Bertz CT molecular complexity index is 1360. The molecule has 1 saturated heterocycles. The molecule has 1 fully saturated rings. The predicted molar refractivity (Wildman–Crippen MR) is 149 cm³/mol. The van der Waals surface area contributed by atoms with Gasteiger partial charge in [0.05, 0.1) is 28.0 Å². The third kappa shape index (κ3) is 5.36. The van der Waals surface area contributed by atoms with Crippen LogP contribution in [0.4, 0.5) is 5.82 Å². The van der Waals surface area contributed by atoms with Gasteiger partial charge < -0.3 is 16.0 Å². The van der Waals surface area contributed by atoms with Gasteiger partial charge in [-0.2, -0.15) is 5.10 Å². The van der Waals surface area contributed by atoms with Gasteiger partial charge in [0.2, 0.25) is 0 Å². The summed E-state index contributed by atoms with van der Waals surface area (Å²) in [4.78, 5) is 28.8. The summed E-state index contributed by atoms with van der Waals surface area (Å²) in [6.07, 6.45) is 4.58. The zero-order valence-electron chi connectivity index (χ0n) is 21.6. The van der Waals surface area contributed by atoms with E-state index in [4.69, 9.17) is 15.7 Å². The number of hydrogen-bond acceptors (Lipinski definition) is 8. The van der Waals surface area contributed by atoms with Crippen LogP contribution >= 0.6 is 11.3 Å². The van der Waals surface area contributed by atoms with Gasteiger partial charge in [-0.05, 0) is 56.1 Å². The second-order valence-corrected chi connectivity index (χ2v) is 10.4. The van der Waals surface area contributed by atoms with Gasteiger partial charge in [-0.15, -0.1) is 11.3 Å². The molecular formula is C27H34N8OS. The van der Waals surface area contributed by atoms with Crippen molar-refractivity contribution in [2.45, 2.75) is 39.3 Å². The third-order valence-electron chi connectivity index (χ3n) is 7.04. The van der Waals surface area contributed by atoms with Crippen molar-refractivity contribution in [3.8, 4) is 21.8 Å². The highest BCUT2D eigenvalue weighted by Gasteiger charge is 2.24. The lowest BCUT2D eigenvalue weighted by molar-refractivity contribution is 0.0938. The number of nitrogens with zero attached hydrogens (tertiary/aromatic N) is 6. The molecule has 194 valence electrons. The Kier molecular flexibility index (Phi) is 7.50. The van der Waals surface area contributed by atoms with Crippen LogP contribution in [0.2, 0.25) is 0 Å². The molecule has 0 bridgehead atoms. The van der Waals surface area contributed by atoms with Crippen molar-refractivity contribution in [2.24, 2.45) is 5.73 Å². The van der Waals surface area contributed by atoms with Crippen LogP contribution in [0.1, 0.15) is 37.6 Å². The summed E-state index contributed by atoms with van der Waals surface area (Å²) in [6, 6.07) is 10.1. The minimum atomic E-state index is -0.115. The first-order chi connectivity index (χ1) is 18.0. The molecule has 0 aliphatic carbocycles. The highest BCUT2D eigenvalue weighted by Crippen LogP contribution is 2.29. The average Bonchev–Trinajstić information content (AvgIpc) is 3.68. The zero-order valence-corrected chi connectivity index (χ0v) is 22.4. The van der Waals surface area contributed by atoms with E-state index in [-0.39, 0.29) is 18.0 Å². The molecule has 1 amide bonds. The van der Waals surface area contributed by atoms with E-state index in [2.05, 4.69) is 47.1 Å². The van der Waals surface area contributed by atoms with Gasteiger partial charge in [-0.25, -0.2) is 14.5 Å². The topological polar surface area (TPSA) is 105 Å². The third-order valence-corrected chi connectivity index (χ3v) is 7.93. The quantitative estimate of drug-likeness (QED) is 0.349. The van der Waals surface area contributed by atoms with Crippen LogP contribution in [0.15, 0.2) is 48.1 Å². The molecule has 2 atom stereocenters. The van der Waals surface area contributed by atoms with Gasteiger partial charge in [0.1, 0.15) is 5.82 Å². The Morgan fingerprint density at radius 2 is 2.08 bits per heavy atom. The number of aromatic nitrogens is 4. The maximum absolute atomic E-state index is 13.3. The molecule has 1 aliphatic heterocycles. The van der Waals surface area contributed by atoms with E-state index < -0.39 is 0 Å². The normalized spacial score (nSPS) is 16.6. The Hall–Kier alpha value is -3.34. The number of thiophene rings is 1. The van der Waals surface area contributed by atoms with E-state index in [9.17, 15) is 4.79 Å². The molecule has 0 aromatic carbocycles. The minimum absolute atomic E-state index is 0.102. The molecule has 3 N–H and O–H groups in total. The summed E-state index contributed by atoms with van der Waals surface area (Å²) in [7, 11) is 0. The van der Waals surface area contributed by atoms with E-state index in [0.29, 0.717) is 30.0 Å². The predicted octanol–water partition coefficient (Wildman–Crippen LogP) is 3.52. The molecule has 4 aromatic heterocycles. The molecule has 0 spiro atoms. The van der Waals surface area contributed by atoms with Crippen molar-refractivity contribution in [3.63, 3.8) is 0 Å². The number of nitrogens with two attached hydrogens (primary N) is 1. The van der Waals surface area contributed by atoms with Crippen LogP contribution in [0.3, 0.4) is 0 Å². The van der Waals surface area contributed by atoms with Gasteiger partial charge in [0.25, 0.3) is 5.91 Å². The van der Waals surface area contributed by atoms with E-state index in [0.717, 1.165) is 48.0 Å². The summed E-state index contributed by atoms with van der Waals surface area (Å²) in [6.45, 7) is 10.4. The summed E-state index contributed by atoms with van der Waals surface area (Å²) >= 11 is 1.64. The Balaban J connectivity index is 1.51. The number of anilines is 1. The molecular weight excluding hydrogens is 484 g/mol. The highest BCUT2D eigenvalue weighted by atomic mass is 32.1. The maximum Gasteiger partial charge on any atom is 0.251 e. The van der Waals surface area contributed by atoms with Gasteiger partial charge in [0.15, 0.2) is 5.65 Å². The number of nitrogens with one attached hydrogen (secondary N) is 1. The molecule has 0 saturated carbocycles. The van der Waals surface area contributed by atoms with Gasteiger partial charge in [0, 0.05) is 43.5 Å². The van der Waals surface area contributed by atoms with E-state index in [1.165, 1.54) is 0 Å². The van der Waals surface area contributed by atoms with E-state index >= 15 is 0 Å². The lowest BCUT2D eigenvalue weighted by Gasteiger charge is -2.26. The number of carbonyl (C=O) groups excluding carboxylic acids is 1. The van der Waals surface area contributed by atoms with Gasteiger partial charge >= 0.3 is 0 Å². The van der Waals surface area contributed by atoms with Crippen LogP contribution in [0.5, 0.6) is 0 Å². The number of likely N-dealkylation sites (N-methyl/N-ethyl adjacent to an activating group) is 1. The number of pyridine rings is 1. The molecule has 0 radical (unpaired) electrons. The van der Waals surface area contributed by atoms with Crippen molar-refractivity contribution in [1.29, 1.82) is 0 Å². The monoisotopic (exact) mass is 518 g/mol. The first kappa shape index (κ1) is 25.3. The van der Waals surface area contributed by atoms with Crippen LogP contribution < -0.4 is 16.0 Å². The van der Waals surface area contributed by atoms with Crippen LogP contribution in [-0.4, -0.2) is 75.2 Å². The fourth-order valence-electron chi connectivity index (χ4n) is 4.87. The highest BCUT2D eigenvalue weighted by molar-refractivity contribution is 7.13. The van der Waals surface area contributed by atoms with Gasteiger partial charge in [-0.3, -0.25) is 9.69 Å². The summed E-state index contributed by atoms with van der Waals surface area (Å²) in [5.74, 6) is 0.636. The molecule has 4 aromatic rings. The molecule has 1 aliphatic rings. The average molecular weight is 519 g/mol. The van der Waals surface area contributed by atoms with Crippen molar-refractivity contribution in [1.82, 2.24) is 29.8 Å². The van der Waals surface area contributed by atoms with Crippen molar-refractivity contribution >= 4 is 28.7 Å². The fraction of sp³-hybridized carbons (Fsp3) is 0.407. The summed E-state index contributed by atoms with van der Waals surface area (Å²) in [5.41, 5.74) is 9.81. The summed E-state index contributed by atoms with van der Waals surface area (Å²) in [5, 5.41) is 9.67. The van der Waals surface area contributed by atoms with E-state index in [1.807, 2.05) is 35.8 Å². The lowest BCUT2D eigenvalue weighted by Crippen LogP contribution is -2.42. The number of hydrogen-bond donors (Lipinski definition) is 2. The van der Waals surface area contributed by atoms with E-state index in [1.54, 1.807) is 22.0 Å². The molecule has 9 nitrogen and oxygen atoms in total. The standard InChI is InChI=1S/C27H34N8OS/c1-4-33(5-2)18(3)15-29-27(36)19-13-23(31-25(14-19)34-10-8-20(28)17-34)21-16-30-35-11-9-22(32-26(21)35)24-7-6-12-37-24/h6-7,9,11-14,16,18,20H,4-5,8,10,15,17,28H2,1-3H3,(H,29,36)/t18-,20-/m0/s1. The molecule has 5 heterocycles. The lowest BCUT2D eigenvalue weighted by atomic mass is 10.1. The SMILES string of the molecule is CCN(CC)[C@@H](C)CNC(=O)c1cc(-c2cnn3ccc(-c4cccs4)nc23)nc(N2CC[C@H](N)C2)c1. The van der Waals surface area contributed by atoms with Crippen molar-refractivity contribution in [3.05, 3.63) is 53.7 Å². The molecule has 37 heavy (non-hydrogen) atoms. The molecule has 5 rings (SSSR count). The van der Waals surface area contributed by atoms with Crippen LogP contribution in [0, 0.1) is 0 Å². The zero-order chi connectivity index (χ0) is 25.9. The van der Waals surface area contributed by atoms with Crippen LogP contribution in [-0.2, 0) is 0 Å². The first-order valence-electron chi connectivity index (χ1n) is 12.9. The smallest absolute Gasteiger partial charge is 0.251 e. The maximum atomic E-state index is 13.3. The second-order valence-electron chi connectivity index (χ2n) is 9.49. The number of rotatable bonds is 9. The number of fused-ring (bicyclic) bond motifs is 1. The second kappa shape index (κ2) is 11.0. The van der Waals surface area contributed by atoms with Gasteiger partial charge in [-0.1, -0.05) is 19.9 Å².